The Balaban J connectivity index is 1.99. The third-order valence-corrected chi connectivity index (χ3v) is 5.90. The molecule has 0 saturated carbocycles. The fourth-order valence-electron chi connectivity index (χ4n) is 2.16. The van der Waals surface area contributed by atoms with E-state index in [0.29, 0.717) is 5.52 Å². The van der Waals surface area contributed by atoms with Gasteiger partial charge in [0.05, 0.1) is 22.0 Å². The maximum Gasteiger partial charge on any atom is 0.314 e. The Morgan fingerprint density at radius 1 is 1.09 bits per heavy atom. The molecule has 120 valence electrons. The Kier molecular flexibility index (Phi) is 3.92. The van der Waals surface area contributed by atoms with E-state index in [-0.39, 0.29) is 16.5 Å². The van der Waals surface area contributed by atoms with Crippen LogP contribution < -0.4 is 15.8 Å². The predicted molar refractivity (Wildman–Crippen MR) is 88.2 cm³/mol. The lowest BCUT2D eigenvalue weighted by Crippen LogP contribution is -2.29. The van der Waals surface area contributed by atoms with Crippen molar-refractivity contribution in [2.24, 2.45) is 0 Å². The largest absolute Gasteiger partial charge is 0.316 e. The summed E-state index contributed by atoms with van der Waals surface area (Å²) in [6.07, 6.45) is 0. The molecular weight excluding hydrogens is 338 g/mol. The number of thiophene rings is 1. The van der Waals surface area contributed by atoms with Crippen LogP contribution in [-0.2, 0) is 10.0 Å². The van der Waals surface area contributed by atoms with Crippen molar-refractivity contribution in [3.63, 3.8) is 0 Å². The maximum absolute atomic E-state index is 12.5. The molecule has 9 heteroatoms. The van der Waals surface area contributed by atoms with Crippen molar-refractivity contribution in [3.05, 3.63) is 61.3 Å². The molecule has 2 heterocycles. The molecular formula is C14H13N3O4S2. The second kappa shape index (κ2) is 5.76. The van der Waals surface area contributed by atoms with Crippen molar-refractivity contribution in [2.75, 3.05) is 0 Å². The molecule has 0 unspecified atom stereocenters. The van der Waals surface area contributed by atoms with E-state index < -0.39 is 21.1 Å². The summed E-state index contributed by atoms with van der Waals surface area (Å²) in [5.74, 6) is 0. The van der Waals surface area contributed by atoms with Crippen LogP contribution in [0.25, 0.3) is 11.0 Å². The van der Waals surface area contributed by atoms with E-state index in [1.165, 1.54) is 29.5 Å². The van der Waals surface area contributed by atoms with Gasteiger partial charge in [-0.3, -0.25) is 9.59 Å². The Bertz CT molecular complexity index is 1070. The molecule has 0 saturated heterocycles. The topological polar surface area (TPSA) is 112 Å². The van der Waals surface area contributed by atoms with Crippen molar-refractivity contribution in [3.8, 4) is 0 Å². The molecule has 3 aromatic rings. The number of hydrogen-bond acceptors (Lipinski definition) is 5. The number of fused-ring (bicyclic) bond motifs is 1. The fourth-order valence-corrected chi connectivity index (χ4v) is 4.22. The van der Waals surface area contributed by atoms with Crippen molar-refractivity contribution >= 4 is 32.4 Å². The lowest BCUT2D eigenvalue weighted by atomic mass is 10.3. The number of aromatic amines is 2. The summed E-state index contributed by atoms with van der Waals surface area (Å²) in [6, 6.07) is 7.46. The number of hydrogen-bond donors (Lipinski definition) is 3. The molecule has 0 aliphatic carbocycles. The number of benzene rings is 1. The van der Waals surface area contributed by atoms with E-state index >= 15 is 0 Å². The Hall–Kier alpha value is -2.23. The summed E-state index contributed by atoms with van der Waals surface area (Å²) in [5, 5.41) is 1.87. The summed E-state index contributed by atoms with van der Waals surface area (Å²) in [7, 11) is -3.76. The molecule has 0 radical (unpaired) electrons. The molecule has 0 bridgehead atoms. The maximum atomic E-state index is 12.5. The lowest BCUT2D eigenvalue weighted by Gasteiger charge is -2.13. The van der Waals surface area contributed by atoms with Crippen LogP contribution in [0.1, 0.15) is 17.8 Å². The van der Waals surface area contributed by atoms with Gasteiger partial charge in [0.2, 0.25) is 10.0 Å². The van der Waals surface area contributed by atoms with E-state index in [4.69, 9.17) is 0 Å². The molecule has 3 N–H and O–H groups in total. The number of aromatic nitrogens is 2. The number of rotatable bonds is 4. The van der Waals surface area contributed by atoms with Crippen LogP contribution >= 0.6 is 11.3 Å². The molecule has 2 aromatic heterocycles. The quantitative estimate of drug-likeness (QED) is 0.615. The molecule has 1 atom stereocenters. The number of nitrogens with one attached hydrogen (secondary N) is 3. The Morgan fingerprint density at radius 3 is 2.43 bits per heavy atom. The van der Waals surface area contributed by atoms with Gasteiger partial charge < -0.3 is 9.97 Å². The summed E-state index contributed by atoms with van der Waals surface area (Å²) in [4.78, 5) is 28.3. The minimum absolute atomic E-state index is 0.0103. The van der Waals surface area contributed by atoms with Gasteiger partial charge >= 0.3 is 11.1 Å². The van der Waals surface area contributed by atoms with Gasteiger partial charge in [0.15, 0.2) is 0 Å². The van der Waals surface area contributed by atoms with Gasteiger partial charge in [-0.25, -0.2) is 13.1 Å². The third-order valence-electron chi connectivity index (χ3n) is 3.31. The first kappa shape index (κ1) is 15.7. The van der Waals surface area contributed by atoms with Crippen molar-refractivity contribution in [1.82, 2.24) is 14.7 Å². The summed E-state index contributed by atoms with van der Waals surface area (Å²) >= 11 is 1.46. The van der Waals surface area contributed by atoms with Gasteiger partial charge in [-0.05, 0) is 36.6 Å². The monoisotopic (exact) mass is 351 g/mol. The smallest absolute Gasteiger partial charge is 0.314 e. The number of sulfonamides is 1. The van der Waals surface area contributed by atoms with Crippen LogP contribution in [0.3, 0.4) is 0 Å². The molecule has 7 nitrogen and oxygen atoms in total. The fraction of sp³-hybridized carbons (Fsp3) is 0.143. The SMILES string of the molecule is C[C@H](NS(=O)(=O)c1ccc2[nH]c(=O)c(=O)[nH]c2c1)c1cccs1. The molecule has 23 heavy (non-hydrogen) atoms. The van der Waals surface area contributed by atoms with Crippen LogP contribution in [-0.4, -0.2) is 18.4 Å². The number of H-pyrrole nitrogens is 2. The van der Waals surface area contributed by atoms with E-state index in [2.05, 4.69) is 14.7 Å². The molecule has 0 fully saturated rings. The summed E-state index contributed by atoms with van der Waals surface area (Å²) in [5.41, 5.74) is -0.995. The zero-order valence-corrected chi connectivity index (χ0v) is 13.6. The summed E-state index contributed by atoms with van der Waals surface area (Å²) < 4.78 is 27.5. The summed E-state index contributed by atoms with van der Waals surface area (Å²) in [6.45, 7) is 1.75. The zero-order chi connectivity index (χ0) is 16.6. The van der Waals surface area contributed by atoms with Gasteiger partial charge in [-0.1, -0.05) is 6.07 Å². The molecule has 1 aromatic carbocycles. The van der Waals surface area contributed by atoms with Gasteiger partial charge in [0.1, 0.15) is 0 Å². The first-order chi connectivity index (χ1) is 10.9. The molecule has 0 spiro atoms. The van der Waals surface area contributed by atoms with Crippen LogP contribution in [0.15, 0.2) is 50.2 Å². The first-order valence-electron chi connectivity index (χ1n) is 6.69. The average Bonchev–Trinajstić information content (AvgIpc) is 3.02. The second-order valence-electron chi connectivity index (χ2n) is 4.97. The van der Waals surface area contributed by atoms with E-state index in [1.54, 1.807) is 6.92 Å². The minimum Gasteiger partial charge on any atom is -0.316 e. The van der Waals surface area contributed by atoms with Crippen LogP contribution in [0.2, 0.25) is 0 Å². The van der Waals surface area contributed by atoms with Crippen LogP contribution in [0, 0.1) is 0 Å². The normalized spacial score (nSPS) is 13.3. The van der Waals surface area contributed by atoms with Gasteiger partial charge in [0.25, 0.3) is 0 Å². The first-order valence-corrected chi connectivity index (χ1v) is 9.05. The Morgan fingerprint density at radius 2 is 1.78 bits per heavy atom. The highest BCUT2D eigenvalue weighted by atomic mass is 32.2. The lowest BCUT2D eigenvalue weighted by molar-refractivity contribution is 0.568. The standard InChI is InChI=1S/C14H13N3O4S2/c1-8(12-3-2-6-22-12)17-23(20,21)9-4-5-10-11(7-9)16-14(19)13(18)15-10/h2-8,17H,1H3,(H,15,18)(H,16,19)/t8-/m0/s1. The molecule has 0 aliphatic heterocycles. The second-order valence-corrected chi connectivity index (χ2v) is 7.67. The van der Waals surface area contributed by atoms with E-state index in [1.807, 2.05) is 17.5 Å². The van der Waals surface area contributed by atoms with Crippen LogP contribution in [0.4, 0.5) is 0 Å². The highest BCUT2D eigenvalue weighted by molar-refractivity contribution is 7.89. The third kappa shape index (κ3) is 3.11. The molecule has 3 rings (SSSR count). The van der Waals surface area contributed by atoms with Gasteiger partial charge in [-0.2, -0.15) is 0 Å². The minimum atomic E-state index is -3.76. The van der Waals surface area contributed by atoms with Gasteiger partial charge in [-0.15, -0.1) is 11.3 Å². The van der Waals surface area contributed by atoms with Crippen molar-refractivity contribution in [1.29, 1.82) is 0 Å². The molecule has 0 amide bonds. The molecule has 0 aliphatic rings. The van der Waals surface area contributed by atoms with Crippen LogP contribution in [0.5, 0.6) is 0 Å². The highest BCUT2D eigenvalue weighted by Gasteiger charge is 2.19. The average molecular weight is 351 g/mol. The van der Waals surface area contributed by atoms with Gasteiger partial charge in [0, 0.05) is 4.88 Å². The highest BCUT2D eigenvalue weighted by Crippen LogP contribution is 2.21. The van der Waals surface area contributed by atoms with Crippen molar-refractivity contribution < 1.29 is 8.42 Å². The van der Waals surface area contributed by atoms with E-state index in [9.17, 15) is 18.0 Å². The zero-order valence-electron chi connectivity index (χ0n) is 12.0. The van der Waals surface area contributed by atoms with E-state index in [0.717, 1.165) is 4.88 Å². The van der Waals surface area contributed by atoms with Crippen molar-refractivity contribution in [2.45, 2.75) is 17.9 Å². The predicted octanol–water partition coefficient (Wildman–Crippen LogP) is 1.32. The Labute approximate surface area is 135 Å².